The Balaban J connectivity index is 1.01. The molecule has 0 N–H and O–H groups in total. The molecular formula is C63H40BGeN5. The van der Waals surface area contributed by atoms with Crippen LogP contribution >= 0.6 is 0 Å². The van der Waals surface area contributed by atoms with Crippen molar-refractivity contribution in [3.63, 3.8) is 0 Å². The van der Waals surface area contributed by atoms with Gasteiger partial charge in [-0.15, -0.1) is 0 Å². The van der Waals surface area contributed by atoms with E-state index in [2.05, 4.69) is 216 Å². The molecule has 1 spiro atoms. The van der Waals surface area contributed by atoms with Crippen LogP contribution in [0.15, 0.2) is 243 Å². The van der Waals surface area contributed by atoms with Gasteiger partial charge in [-0.1, -0.05) is 0 Å². The summed E-state index contributed by atoms with van der Waals surface area (Å²) in [5.74, 6) is 1.99. The van der Waals surface area contributed by atoms with E-state index in [1.807, 2.05) is 36.4 Å². The topological polar surface area (TPSA) is 45.2 Å². The van der Waals surface area contributed by atoms with Gasteiger partial charge in [0.05, 0.1) is 0 Å². The predicted octanol–water partition coefficient (Wildman–Crippen LogP) is 10.3. The summed E-state index contributed by atoms with van der Waals surface area (Å²) in [6.07, 6.45) is 0. The zero-order valence-corrected chi connectivity index (χ0v) is 40.0. The second-order valence-corrected chi connectivity index (χ2v) is 26.3. The number of hydrogen-bond donors (Lipinski definition) is 0. The monoisotopic (exact) mass is 951 g/mol. The van der Waals surface area contributed by atoms with Gasteiger partial charge in [0.2, 0.25) is 0 Å². The van der Waals surface area contributed by atoms with E-state index >= 15 is 0 Å². The first-order valence-electron chi connectivity index (χ1n) is 24.1. The molecule has 70 heavy (non-hydrogen) atoms. The normalized spacial score (nSPS) is 15.1. The minimum absolute atomic E-state index is 0.00931. The molecule has 0 saturated heterocycles. The van der Waals surface area contributed by atoms with Crippen molar-refractivity contribution in [3.05, 3.63) is 243 Å². The summed E-state index contributed by atoms with van der Waals surface area (Å²) in [5, 5.41) is 0. The van der Waals surface area contributed by atoms with E-state index in [0.717, 1.165) is 28.1 Å². The van der Waals surface area contributed by atoms with Crippen LogP contribution < -0.4 is 43.8 Å². The Kier molecular flexibility index (Phi) is 8.57. The van der Waals surface area contributed by atoms with Crippen LogP contribution in [0, 0.1) is 0 Å². The molecule has 324 valence electrons. The number of hydrogen-bond acceptors (Lipinski definition) is 5. The molecule has 10 aromatic carbocycles. The van der Waals surface area contributed by atoms with Crippen molar-refractivity contribution in [2.24, 2.45) is 0 Å². The SMILES string of the molecule is c1ccc(-c2nc(-c3ccccc3)nc(-c3ccc4[c](c3)[Ge]3([c]5ccccc5-4)[c]4ccccc4-c4cc5c(c[c]43)N(c3ccccc3)c3cccc4c3B5c3ccccc3N4c3ccccc3)n2)cc1. The Hall–Kier alpha value is -8.58. The van der Waals surface area contributed by atoms with Crippen molar-refractivity contribution in [1.29, 1.82) is 0 Å². The zero-order chi connectivity index (χ0) is 45.9. The summed E-state index contributed by atoms with van der Waals surface area (Å²) in [6, 6.07) is 89.2. The second-order valence-electron chi connectivity index (χ2n) is 18.6. The Morgan fingerprint density at radius 3 is 1.37 bits per heavy atom. The predicted molar refractivity (Wildman–Crippen MR) is 292 cm³/mol. The Morgan fingerprint density at radius 2 is 0.757 bits per heavy atom. The molecule has 1 atom stereocenters. The van der Waals surface area contributed by atoms with Crippen LogP contribution in [0.3, 0.4) is 0 Å². The molecule has 1 unspecified atom stereocenters. The van der Waals surface area contributed by atoms with Gasteiger partial charge in [0.25, 0.3) is 0 Å². The van der Waals surface area contributed by atoms with Crippen molar-refractivity contribution in [3.8, 4) is 56.4 Å². The summed E-state index contributed by atoms with van der Waals surface area (Å²) in [5.41, 5.74) is 19.4. The van der Waals surface area contributed by atoms with Crippen molar-refractivity contribution < 1.29 is 0 Å². The molecule has 0 saturated carbocycles. The summed E-state index contributed by atoms with van der Waals surface area (Å²) in [7, 11) is 0. The van der Waals surface area contributed by atoms with Gasteiger partial charge in [0.1, 0.15) is 0 Å². The van der Waals surface area contributed by atoms with Gasteiger partial charge < -0.3 is 0 Å². The third-order valence-electron chi connectivity index (χ3n) is 15.1. The third kappa shape index (κ3) is 5.53. The number of nitrogens with zero attached hydrogens (tertiary/aromatic N) is 5. The van der Waals surface area contributed by atoms with Crippen LogP contribution in [0.1, 0.15) is 0 Å². The van der Waals surface area contributed by atoms with Gasteiger partial charge in [-0.3, -0.25) is 0 Å². The van der Waals surface area contributed by atoms with Crippen LogP contribution in [0.5, 0.6) is 0 Å². The number of rotatable bonds is 5. The third-order valence-corrected chi connectivity index (χ3v) is 25.4. The molecule has 0 radical (unpaired) electrons. The quantitative estimate of drug-likeness (QED) is 0.161. The molecule has 0 amide bonds. The standard InChI is InChI=1S/C63H40BGeN5/c1-5-20-41(21-6-1)61-66-62(42-22-7-2-8-23-42)68-63(67-61)43-36-37-48-46-28-13-16-31-52(46)65(54(48)38-43)53-32-17-14-29-47(53)49-39-51-59(40-55(49)65)70(45-26-11-4-12-27-45)58-35-19-34-57-60(58)64(51)50-30-15-18-33-56(50)69(57)44-24-9-3-10-25-44/h1-40H. The molecule has 7 heteroatoms. The minimum atomic E-state index is -3.85. The van der Waals surface area contributed by atoms with Gasteiger partial charge in [0.15, 0.2) is 0 Å². The maximum atomic E-state index is 5.26. The first-order chi connectivity index (χ1) is 34.7. The van der Waals surface area contributed by atoms with Gasteiger partial charge in [-0.2, -0.15) is 0 Å². The van der Waals surface area contributed by atoms with Crippen molar-refractivity contribution in [2.75, 3.05) is 9.80 Å². The number of benzene rings is 10. The van der Waals surface area contributed by atoms with E-state index < -0.39 is 13.3 Å². The fourth-order valence-corrected chi connectivity index (χ4v) is 24.1. The summed E-state index contributed by atoms with van der Waals surface area (Å²) < 4.78 is 5.82. The second kappa shape index (κ2) is 15.2. The van der Waals surface area contributed by atoms with E-state index in [4.69, 9.17) is 15.0 Å². The molecule has 5 nitrogen and oxygen atoms in total. The first-order valence-corrected chi connectivity index (χ1v) is 28.3. The van der Waals surface area contributed by atoms with Crippen LogP contribution in [-0.2, 0) is 0 Å². The maximum absolute atomic E-state index is 5.26. The Morgan fingerprint density at radius 1 is 0.300 bits per heavy atom. The van der Waals surface area contributed by atoms with Gasteiger partial charge in [-0.25, -0.2) is 0 Å². The Bertz CT molecular complexity index is 3870. The molecule has 0 aliphatic carbocycles. The van der Waals surface area contributed by atoms with Crippen molar-refractivity contribution >= 4 is 88.1 Å². The van der Waals surface area contributed by atoms with Gasteiger partial charge >= 0.3 is 412 Å². The molecule has 4 aliphatic rings. The molecule has 15 rings (SSSR count). The molecule has 0 fully saturated rings. The Labute approximate surface area is 409 Å². The van der Waals surface area contributed by atoms with E-state index in [1.54, 1.807) is 0 Å². The molecule has 4 aliphatic heterocycles. The average molecular weight is 950 g/mol. The van der Waals surface area contributed by atoms with Crippen LogP contribution in [-0.4, -0.2) is 34.9 Å². The molecular weight excluding hydrogens is 910 g/mol. The summed E-state index contributed by atoms with van der Waals surface area (Å²) in [6.45, 7) is 0.00931. The van der Waals surface area contributed by atoms with E-state index in [9.17, 15) is 0 Å². The molecule has 5 heterocycles. The van der Waals surface area contributed by atoms with E-state index in [-0.39, 0.29) is 6.71 Å². The molecule has 1 aromatic heterocycles. The number of para-hydroxylation sites is 3. The fraction of sp³-hybridized carbons (Fsp3) is 0. The van der Waals surface area contributed by atoms with Crippen molar-refractivity contribution in [1.82, 2.24) is 15.0 Å². The summed E-state index contributed by atoms with van der Waals surface area (Å²) >= 11 is -3.85. The van der Waals surface area contributed by atoms with E-state index in [1.165, 1.54) is 79.0 Å². The summed E-state index contributed by atoms with van der Waals surface area (Å²) in [4.78, 5) is 20.6. The molecule has 11 aromatic rings. The number of aromatic nitrogens is 3. The zero-order valence-electron chi connectivity index (χ0n) is 37.9. The van der Waals surface area contributed by atoms with Gasteiger partial charge in [-0.05, 0) is 0 Å². The van der Waals surface area contributed by atoms with Crippen LogP contribution in [0.2, 0.25) is 0 Å². The van der Waals surface area contributed by atoms with E-state index in [0.29, 0.717) is 17.5 Å². The average Bonchev–Trinajstić information content (AvgIpc) is 3.90. The molecule has 0 bridgehead atoms. The van der Waals surface area contributed by atoms with Crippen LogP contribution in [0.4, 0.5) is 34.1 Å². The fourth-order valence-electron chi connectivity index (χ4n) is 12.3. The van der Waals surface area contributed by atoms with Gasteiger partial charge in [0, 0.05) is 0 Å². The van der Waals surface area contributed by atoms with Crippen molar-refractivity contribution in [2.45, 2.75) is 0 Å². The number of anilines is 6. The first kappa shape index (κ1) is 39.4. The number of fused-ring (bicyclic) bond motifs is 14. The van der Waals surface area contributed by atoms with Crippen LogP contribution in [0.25, 0.3) is 56.4 Å².